The molecule has 0 saturated heterocycles. The third-order valence-corrected chi connectivity index (χ3v) is 2.55. The van der Waals surface area contributed by atoms with Gasteiger partial charge in [0.1, 0.15) is 5.82 Å². The van der Waals surface area contributed by atoms with Gasteiger partial charge >= 0.3 is 0 Å². The molecule has 0 bridgehead atoms. The number of aromatic nitrogens is 2. The highest BCUT2D eigenvalue weighted by molar-refractivity contribution is 6.31. The first-order chi connectivity index (χ1) is 7.70. The quantitative estimate of drug-likeness (QED) is 0.864. The summed E-state index contributed by atoms with van der Waals surface area (Å²) in [5.74, 6) is -0.428. The highest BCUT2D eigenvalue weighted by Gasteiger charge is 2.06. The van der Waals surface area contributed by atoms with Crippen LogP contribution in [0.15, 0.2) is 24.3 Å². The van der Waals surface area contributed by atoms with Gasteiger partial charge in [-0.05, 0) is 30.8 Å². The predicted molar refractivity (Wildman–Crippen MR) is 61.8 cm³/mol. The summed E-state index contributed by atoms with van der Waals surface area (Å²) in [7, 11) is 0. The number of benzene rings is 1. The Morgan fingerprint density at radius 1 is 1.38 bits per heavy atom. The smallest absolute Gasteiger partial charge is 0.141 e. The summed E-state index contributed by atoms with van der Waals surface area (Å²) in [5, 5.41) is 7.08. The third kappa shape index (κ3) is 2.23. The highest BCUT2D eigenvalue weighted by Crippen LogP contribution is 2.23. The lowest BCUT2D eigenvalue weighted by Gasteiger charge is -1.97. The fourth-order valence-electron chi connectivity index (χ4n) is 1.45. The van der Waals surface area contributed by atoms with Gasteiger partial charge in [0, 0.05) is 17.7 Å². The second-order valence-corrected chi connectivity index (χ2v) is 3.85. The van der Waals surface area contributed by atoms with Crippen LogP contribution in [-0.4, -0.2) is 16.7 Å². The number of hydrogen-bond acceptors (Lipinski definition) is 2. The average Bonchev–Trinajstić information content (AvgIpc) is 2.71. The van der Waals surface area contributed by atoms with Gasteiger partial charge in [0.05, 0.1) is 10.7 Å². The van der Waals surface area contributed by atoms with Gasteiger partial charge in [-0.25, -0.2) is 4.39 Å². The van der Waals surface area contributed by atoms with E-state index >= 15 is 0 Å². The molecule has 84 valence electrons. The first-order valence-corrected chi connectivity index (χ1v) is 5.28. The van der Waals surface area contributed by atoms with Crippen LogP contribution in [-0.2, 0) is 6.42 Å². The molecule has 1 heterocycles. The normalized spacial score (nSPS) is 10.7. The van der Waals surface area contributed by atoms with Crippen LogP contribution in [0.2, 0.25) is 5.02 Å². The second kappa shape index (κ2) is 4.63. The minimum absolute atomic E-state index is 0.0980. The molecular weight excluding hydrogens is 229 g/mol. The van der Waals surface area contributed by atoms with Crippen LogP contribution in [0.1, 0.15) is 5.69 Å². The van der Waals surface area contributed by atoms with Gasteiger partial charge in [-0.2, -0.15) is 5.10 Å². The van der Waals surface area contributed by atoms with Crippen LogP contribution in [0.25, 0.3) is 11.3 Å². The molecule has 3 nitrogen and oxygen atoms in total. The zero-order valence-corrected chi connectivity index (χ0v) is 9.26. The lowest BCUT2D eigenvalue weighted by Crippen LogP contribution is -2.02. The van der Waals surface area contributed by atoms with Crippen molar-refractivity contribution >= 4 is 11.6 Å². The number of aromatic amines is 1. The molecule has 0 amide bonds. The van der Waals surface area contributed by atoms with Crippen LogP contribution in [0, 0.1) is 5.82 Å². The summed E-state index contributed by atoms with van der Waals surface area (Å²) in [6.45, 7) is 0.561. The number of rotatable bonds is 3. The molecule has 1 aromatic carbocycles. The topological polar surface area (TPSA) is 54.7 Å². The summed E-state index contributed by atoms with van der Waals surface area (Å²) in [6.07, 6.45) is 0.738. The van der Waals surface area contributed by atoms with E-state index in [4.69, 9.17) is 17.3 Å². The Labute approximate surface area is 97.4 Å². The molecule has 2 aromatic rings. The molecule has 0 aliphatic heterocycles. The van der Waals surface area contributed by atoms with Crippen molar-refractivity contribution in [1.29, 1.82) is 0 Å². The Morgan fingerprint density at radius 3 is 2.88 bits per heavy atom. The Hall–Kier alpha value is -1.39. The van der Waals surface area contributed by atoms with Crippen molar-refractivity contribution in [1.82, 2.24) is 10.2 Å². The maximum atomic E-state index is 13.0. The molecule has 0 radical (unpaired) electrons. The van der Waals surface area contributed by atoms with E-state index in [1.807, 2.05) is 6.07 Å². The molecule has 0 fully saturated rings. The van der Waals surface area contributed by atoms with E-state index in [9.17, 15) is 4.39 Å². The maximum Gasteiger partial charge on any atom is 0.141 e. The molecule has 5 heteroatoms. The number of hydrogen-bond donors (Lipinski definition) is 2. The average molecular weight is 240 g/mol. The molecule has 16 heavy (non-hydrogen) atoms. The Bertz CT molecular complexity index is 496. The summed E-state index contributed by atoms with van der Waals surface area (Å²) in [4.78, 5) is 0. The Kier molecular flexibility index (Phi) is 3.22. The first-order valence-electron chi connectivity index (χ1n) is 4.90. The van der Waals surface area contributed by atoms with E-state index in [0.717, 1.165) is 23.4 Å². The first kappa shape index (κ1) is 11.1. The Morgan fingerprint density at radius 2 is 2.19 bits per heavy atom. The molecule has 0 aliphatic rings. The summed E-state index contributed by atoms with van der Waals surface area (Å²) in [5.41, 5.74) is 7.91. The van der Waals surface area contributed by atoms with Crippen LogP contribution in [0.4, 0.5) is 4.39 Å². The lowest BCUT2D eigenvalue weighted by atomic mass is 10.1. The van der Waals surface area contributed by atoms with Crippen molar-refractivity contribution < 1.29 is 4.39 Å². The molecule has 0 spiro atoms. The van der Waals surface area contributed by atoms with E-state index in [1.54, 1.807) is 12.1 Å². The van der Waals surface area contributed by atoms with E-state index in [1.165, 1.54) is 6.07 Å². The highest BCUT2D eigenvalue weighted by atomic mass is 35.5. The van der Waals surface area contributed by atoms with Gasteiger partial charge in [0.2, 0.25) is 0 Å². The monoisotopic (exact) mass is 239 g/mol. The fourth-order valence-corrected chi connectivity index (χ4v) is 1.63. The largest absolute Gasteiger partial charge is 0.330 e. The molecule has 2 rings (SSSR count). The number of nitrogens with two attached hydrogens (primary N) is 1. The third-order valence-electron chi connectivity index (χ3n) is 2.26. The molecule has 3 N–H and O–H groups in total. The summed E-state index contributed by atoms with van der Waals surface area (Å²) >= 11 is 5.70. The van der Waals surface area contributed by atoms with E-state index < -0.39 is 5.82 Å². The van der Waals surface area contributed by atoms with Crippen molar-refractivity contribution in [3.63, 3.8) is 0 Å². The molecule has 1 aromatic heterocycles. The van der Waals surface area contributed by atoms with Crippen molar-refractivity contribution in [2.45, 2.75) is 6.42 Å². The minimum atomic E-state index is -0.428. The van der Waals surface area contributed by atoms with Gasteiger partial charge in [-0.15, -0.1) is 0 Å². The molecule has 0 saturated carbocycles. The molecular formula is C11H11ClFN3. The van der Waals surface area contributed by atoms with E-state index in [0.29, 0.717) is 6.54 Å². The molecule has 0 unspecified atom stereocenters. The lowest BCUT2D eigenvalue weighted by molar-refractivity contribution is 0.628. The van der Waals surface area contributed by atoms with Gasteiger partial charge in [-0.1, -0.05) is 11.6 Å². The molecule has 0 aliphatic carbocycles. The zero-order valence-electron chi connectivity index (χ0n) is 8.50. The minimum Gasteiger partial charge on any atom is -0.330 e. The van der Waals surface area contributed by atoms with Crippen molar-refractivity contribution in [3.8, 4) is 11.3 Å². The van der Waals surface area contributed by atoms with Crippen LogP contribution >= 0.6 is 11.6 Å². The summed E-state index contributed by atoms with van der Waals surface area (Å²) in [6, 6.07) is 6.41. The van der Waals surface area contributed by atoms with Gasteiger partial charge in [-0.3, -0.25) is 5.10 Å². The number of halogens is 2. The van der Waals surface area contributed by atoms with E-state index in [-0.39, 0.29) is 5.02 Å². The van der Waals surface area contributed by atoms with Gasteiger partial charge < -0.3 is 5.73 Å². The van der Waals surface area contributed by atoms with Crippen LogP contribution in [0.5, 0.6) is 0 Å². The Balaban J connectivity index is 2.31. The standard InChI is InChI=1S/C11H11ClFN3/c12-9-5-7(1-2-10(9)13)11-6-8(3-4-14)15-16-11/h1-2,5-6H,3-4,14H2,(H,15,16). The SMILES string of the molecule is NCCc1cc(-c2ccc(F)c(Cl)c2)n[nH]1. The van der Waals surface area contributed by atoms with Crippen molar-refractivity contribution in [2.24, 2.45) is 5.73 Å². The fraction of sp³-hybridized carbons (Fsp3) is 0.182. The van der Waals surface area contributed by atoms with Crippen LogP contribution in [0.3, 0.4) is 0 Å². The summed E-state index contributed by atoms with van der Waals surface area (Å²) < 4.78 is 13.0. The maximum absolute atomic E-state index is 13.0. The number of H-pyrrole nitrogens is 1. The number of nitrogens with one attached hydrogen (secondary N) is 1. The van der Waals surface area contributed by atoms with Crippen LogP contribution < -0.4 is 5.73 Å². The van der Waals surface area contributed by atoms with E-state index in [2.05, 4.69) is 10.2 Å². The van der Waals surface area contributed by atoms with Gasteiger partial charge in [0.15, 0.2) is 0 Å². The molecule has 0 atom stereocenters. The van der Waals surface area contributed by atoms with Crippen molar-refractivity contribution in [3.05, 3.63) is 40.8 Å². The van der Waals surface area contributed by atoms with Crippen molar-refractivity contribution in [2.75, 3.05) is 6.54 Å². The second-order valence-electron chi connectivity index (χ2n) is 3.45. The zero-order chi connectivity index (χ0) is 11.5. The number of nitrogens with zero attached hydrogens (tertiary/aromatic N) is 1. The van der Waals surface area contributed by atoms with Gasteiger partial charge in [0.25, 0.3) is 0 Å². The predicted octanol–water partition coefficient (Wildman–Crippen LogP) is 2.37.